The maximum atomic E-state index is 12.7. The molecule has 114 valence electrons. The van der Waals surface area contributed by atoms with Gasteiger partial charge in [0, 0.05) is 5.56 Å². The molecule has 0 spiro atoms. The van der Waals surface area contributed by atoms with Crippen molar-refractivity contribution < 1.29 is 9.47 Å². The molecule has 0 saturated carbocycles. The third-order valence-electron chi connectivity index (χ3n) is 3.76. The number of benzene rings is 1. The van der Waals surface area contributed by atoms with E-state index in [2.05, 4.69) is 4.98 Å². The average Bonchev–Trinajstić information content (AvgIpc) is 3.42. The summed E-state index contributed by atoms with van der Waals surface area (Å²) in [6, 6.07) is 9.24. The molecule has 0 bridgehead atoms. The standard InChI is InChI=1S/C15H15N3O4/c19-14-16-13(10-4-2-1-3-5-10)17(6-11-8-21-11)15(20)18(14)7-12-9-22-12/h1-5,11-12H,6-9H2. The predicted octanol–water partition coefficient (Wildman–Crippen LogP) is -0.130. The van der Waals surface area contributed by atoms with E-state index in [-0.39, 0.29) is 24.4 Å². The summed E-state index contributed by atoms with van der Waals surface area (Å²) in [7, 11) is 0. The zero-order valence-corrected chi connectivity index (χ0v) is 11.8. The molecule has 2 atom stereocenters. The lowest BCUT2D eigenvalue weighted by molar-refractivity contribution is 0.357. The summed E-state index contributed by atoms with van der Waals surface area (Å²) in [4.78, 5) is 29.0. The number of hydrogen-bond acceptors (Lipinski definition) is 5. The van der Waals surface area contributed by atoms with Crippen molar-refractivity contribution in [2.75, 3.05) is 13.2 Å². The number of ether oxygens (including phenoxy) is 2. The molecule has 0 radical (unpaired) electrons. The highest BCUT2D eigenvalue weighted by atomic mass is 16.6. The van der Waals surface area contributed by atoms with Crippen molar-refractivity contribution >= 4 is 0 Å². The molecular formula is C15H15N3O4. The van der Waals surface area contributed by atoms with Gasteiger partial charge in [0.25, 0.3) is 0 Å². The monoisotopic (exact) mass is 301 g/mol. The van der Waals surface area contributed by atoms with Gasteiger partial charge in [0.1, 0.15) is 5.82 Å². The third-order valence-corrected chi connectivity index (χ3v) is 3.76. The van der Waals surface area contributed by atoms with Gasteiger partial charge in [-0.3, -0.25) is 4.57 Å². The first kappa shape index (κ1) is 13.4. The minimum Gasteiger partial charge on any atom is -0.371 e. The fourth-order valence-corrected chi connectivity index (χ4v) is 2.41. The second-order valence-electron chi connectivity index (χ2n) is 5.50. The lowest BCUT2D eigenvalue weighted by atomic mass is 10.2. The smallest absolute Gasteiger partial charge is 0.353 e. The molecule has 0 aliphatic carbocycles. The fourth-order valence-electron chi connectivity index (χ4n) is 2.41. The topological polar surface area (TPSA) is 82.0 Å². The van der Waals surface area contributed by atoms with Gasteiger partial charge in [-0.25, -0.2) is 14.2 Å². The number of rotatable bonds is 5. The van der Waals surface area contributed by atoms with E-state index >= 15 is 0 Å². The minimum absolute atomic E-state index is 0.0186. The van der Waals surface area contributed by atoms with Gasteiger partial charge in [-0.2, -0.15) is 4.98 Å². The van der Waals surface area contributed by atoms with E-state index in [0.717, 1.165) is 10.1 Å². The van der Waals surface area contributed by atoms with Gasteiger partial charge in [-0.1, -0.05) is 30.3 Å². The molecule has 7 nitrogen and oxygen atoms in total. The van der Waals surface area contributed by atoms with Crippen molar-refractivity contribution in [3.63, 3.8) is 0 Å². The van der Waals surface area contributed by atoms with Gasteiger partial charge in [-0.15, -0.1) is 0 Å². The Kier molecular flexibility index (Phi) is 3.16. The minimum atomic E-state index is -0.535. The second-order valence-corrected chi connectivity index (χ2v) is 5.50. The Morgan fingerprint density at radius 2 is 1.59 bits per heavy atom. The molecule has 2 unspecified atom stereocenters. The zero-order chi connectivity index (χ0) is 15.1. The summed E-state index contributed by atoms with van der Waals surface area (Å²) >= 11 is 0. The zero-order valence-electron chi connectivity index (χ0n) is 11.8. The molecule has 2 aromatic rings. The van der Waals surface area contributed by atoms with Crippen LogP contribution in [0.5, 0.6) is 0 Å². The molecule has 4 rings (SSSR count). The molecule has 0 N–H and O–H groups in total. The summed E-state index contributed by atoms with van der Waals surface area (Å²) in [5.74, 6) is 0.388. The van der Waals surface area contributed by atoms with Crippen molar-refractivity contribution in [1.29, 1.82) is 0 Å². The highest BCUT2D eigenvalue weighted by molar-refractivity contribution is 5.54. The van der Waals surface area contributed by atoms with Crippen molar-refractivity contribution in [3.8, 4) is 11.4 Å². The van der Waals surface area contributed by atoms with Crippen LogP contribution in [-0.4, -0.2) is 39.5 Å². The van der Waals surface area contributed by atoms with Crippen LogP contribution in [0.2, 0.25) is 0 Å². The summed E-state index contributed by atoms with van der Waals surface area (Å²) in [6.07, 6.45) is -0.0366. The number of nitrogens with zero attached hydrogens (tertiary/aromatic N) is 3. The van der Waals surface area contributed by atoms with Crippen molar-refractivity contribution in [2.45, 2.75) is 25.3 Å². The second kappa shape index (κ2) is 5.19. The molecule has 1 aromatic carbocycles. The van der Waals surface area contributed by atoms with E-state index in [1.165, 1.54) is 4.57 Å². The fraction of sp³-hybridized carbons (Fsp3) is 0.400. The molecule has 3 heterocycles. The Morgan fingerprint density at radius 3 is 2.18 bits per heavy atom. The molecule has 2 aliphatic rings. The van der Waals surface area contributed by atoms with Gasteiger partial charge in [-0.05, 0) is 0 Å². The van der Waals surface area contributed by atoms with Crippen molar-refractivity contribution in [1.82, 2.24) is 14.1 Å². The van der Waals surface area contributed by atoms with Crippen LogP contribution in [0, 0.1) is 0 Å². The average molecular weight is 301 g/mol. The molecule has 2 aliphatic heterocycles. The molecule has 22 heavy (non-hydrogen) atoms. The van der Waals surface area contributed by atoms with Crippen LogP contribution < -0.4 is 11.4 Å². The van der Waals surface area contributed by atoms with E-state index in [9.17, 15) is 9.59 Å². The van der Waals surface area contributed by atoms with E-state index in [1.54, 1.807) is 0 Å². The molecule has 7 heteroatoms. The van der Waals surface area contributed by atoms with E-state index in [1.807, 2.05) is 30.3 Å². The first-order valence-electron chi connectivity index (χ1n) is 7.22. The van der Waals surface area contributed by atoms with Crippen LogP contribution in [0.1, 0.15) is 0 Å². The van der Waals surface area contributed by atoms with Crippen LogP contribution in [0.3, 0.4) is 0 Å². The van der Waals surface area contributed by atoms with Crippen LogP contribution >= 0.6 is 0 Å². The Morgan fingerprint density at radius 1 is 1.00 bits per heavy atom. The molecule has 0 amide bonds. The van der Waals surface area contributed by atoms with Crippen LogP contribution in [-0.2, 0) is 22.6 Å². The Bertz CT molecular complexity index is 804. The lowest BCUT2D eigenvalue weighted by Gasteiger charge is -2.13. The Balaban J connectivity index is 1.85. The summed E-state index contributed by atoms with van der Waals surface area (Å²) < 4.78 is 13.0. The largest absolute Gasteiger partial charge is 0.371 e. The highest BCUT2D eigenvalue weighted by Crippen LogP contribution is 2.18. The van der Waals surface area contributed by atoms with Gasteiger partial charge in [0.2, 0.25) is 0 Å². The van der Waals surface area contributed by atoms with E-state index in [4.69, 9.17) is 9.47 Å². The molecular weight excluding hydrogens is 286 g/mol. The molecule has 2 saturated heterocycles. The quantitative estimate of drug-likeness (QED) is 0.719. The SMILES string of the molecule is O=c1nc(-c2ccccc2)n(CC2CO2)c(=O)n1CC1CO1. The van der Waals surface area contributed by atoms with Gasteiger partial charge < -0.3 is 9.47 Å². The van der Waals surface area contributed by atoms with Gasteiger partial charge >= 0.3 is 11.4 Å². The summed E-state index contributed by atoms with van der Waals surface area (Å²) in [5.41, 5.74) is -0.149. The predicted molar refractivity (Wildman–Crippen MR) is 77.7 cm³/mol. The van der Waals surface area contributed by atoms with E-state index < -0.39 is 5.69 Å². The number of hydrogen-bond donors (Lipinski definition) is 0. The van der Waals surface area contributed by atoms with Crippen LogP contribution in [0.4, 0.5) is 0 Å². The normalized spacial score (nSPS) is 22.5. The Labute approximate surface area is 125 Å². The van der Waals surface area contributed by atoms with Crippen LogP contribution in [0.15, 0.2) is 39.9 Å². The first-order chi connectivity index (χ1) is 10.7. The Hall–Kier alpha value is -2.25. The summed E-state index contributed by atoms with van der Waals surface area (Å²) in [6.45, 7) is 1.87. The van der Waals surface area contributed by atoms with Crippen LogP contribution in [0.25, 0.3) is 11.4 Å². The molecule has 2 fully saturated rings. The molecule has 1 aromatic heterocycles. The maximum absolute atomic E-state index is 12.7. The number of aromatic nitrogens is 3. The first-order valence-corrected chi connectivity index (χ1v) is 7.22. The summed E-state index contributed by atoms with van der Waals surface area (Å²) in [5, 5.41) is 0. The van der Waals surface area contributed by atoms with Gasteiger partial charge in [0.05, 0.1) is 38.5 Å². The van der Waals surface area contributed by atoms with Crippen molar-refractivity contribution in [2.24, 2.45) is 0 Å². The highest BCUT2D eigenvalue weighted by Gasteiger charge is 2.29. The number of epoxide rings is 2. The third kappa shape index (κ3) is 2.60. The van der Waals surface area contributed by atoms with Gasteiger partial charge in [0.15, 0.2) is 0 Å². The van der Waals surface area contributed by atoms with Crippen molar-refractivity contribution in [3.05, 3.63) is 51.3 Å². The lowest BCUT2D eigenvalue weighted by Crippen LogP contribution is -2.44. The van der Waals surface area contributed by atoms with E-state index in [0.29, 0.717) is 25.6 Å². The maximum Gasteiger partial charge on any atom is 0.353 e.